The second-order valence-electron chi connectivity index (χ2n) is 7.66. The summed E-state index contributed by atoms with van der Waals surface area (Å²) in [5, 5.41) is 9.70. The molecule has 158 valence electrons. The minimum Gasteiger partial charge on any atom is -0.488 e. The molecule has 0 radical (unpaired) electrons. The van der Waals surface area contributed by atoms with E-state index in [-0.39, 0.29) is 11.1 Å². The molecule has 0 fully saturated rings. The van der Waals surface area contributed by atoms with Crippen molar-refractivity contribution >= 4 is 28.5 Å². The first-order valence-electron chi connectivity index (χ1n) is 10.3. The normalized spacial score (nSPS) is 13.9. The molecular formula is C26H20N2O4. The number of allylic oxidation sites excluding steroid dienone is 1. The van der Waals surface area contributed by atoms with Gasteiger partial charge in [0.25, 0.3) is 5.56 Å². The van der Waals surface area contributed by atoms with Gasteiger partial charge in [-0.1, -0.05) is 48.5 Å². The number of para-hydroxylation sites is 1. The summed E-state index contributed by atoms with van der Waals surface area (Å²) in [6.45, 7) is 0.995. The van der Waals surface area contributed by atoms with E-state index in [1.54, 1.807) is 4.57 Å². The molecule has 0 atom stereocenters. The molecule has 32 heavy (non-hydrogen) atoms. The van der Waals surface area contributed by atoms with Crippen LogP contribution in [0.1, 0.15) is 33.7 Å². The molecule has 6 nitrogen and oxygen atoms in total. The highest BCUT2D eigenvalue weighted by Gasteiger charge is 2.22. The maximum atomic E-state index is 12.9. The van der Waals surface area contributed by atoms with Gasteiger partial charge >= 0.3 is 5.97 Å². The van der Waals surface area contributed by atoms with Crippen LogP contribution in [0, 0.1) is 0 Å². The van der Waals surface area contributed by atoms with Gasteiger partial charge < -0.3 is 9.84 Å². The Kier molecular flexibility index (Phi) is 5.03. The summed E-state index contributed by atoms with van der Waals surface area (Å²) in [4.78, 5) is 28.9. The van der Waals surface area contributed by atoms with E-state index in [0.717, 1.165) is 22.4 Å². The highest BCUT2D eigenvalue weighted by molar-refractivity contribution is 5.93. The van der Waals surface area contributed by atoms with Crippen LogP contribution in [-0.4, -0.2) is 20.6 Å². The first-order chi connectivity index (χ1) is 15.6. The number of hydrogen-bond acceptors (Lipinski definition) is 4. The SMILES string of the molecule is O=C(O)c1ccc2c(=O)n3c(nc2c1)C(=Cc1ccccc1OCc1ccccc1)CC3. The average molecular weight is 424 g/mol. The summed E-state index contributed by atoms with van der Waals surface area (Å²) in [6.07, 6.45) is 2.66. The summed E-state index contributed by atoms with van der Waals surface area (Å²) in [7, 11) is 0. The van der Waals surface area contributed by atoms with Crippen molar-refractivity contribution in [2.75, 3.05) is 0 Å². The van der Waals surface area contributed by atoms with E-state index in [4.69, 9.17) is 4.74 Å². The van der Waals surface area contributed by atoms with Gasteiger partial charge in [0.1, 0.15) is 18.2 Å². The van der Waals surface area contributed by atoms with Gasteiger partial charge in [-0.2, -0.15) is 0 Å². The lowest BCUT2D eigenvalue weighted by Gasteiger charge is -2.10. The number of aromatic carboxylic acids is 1. The molecule has 0 saturated carbocycles. The number of nitrogens with zero attached hydrogens (tertiary/aromatic N) is 2. The predicted molar refractivity (Wildman–Crippen MR) is 123 cm³/mol. The van der Waals surface area contributed by atoms with Crippen molar-refractivity contribution in [2.45, 2.75) is 19.6 Å². The zero-order valence-corrected chi connectivity index (χ0v) is 17.2. The van der Waals surface area contributed by atoms with Crippen LogP contribution in [0.4, 0.5) is 0 Å². The molecule has 0 aliphatic carbocycles. The summed E-state index contributed by atoms with van der Waals surface area (Å²) in [5.74, 6) is 0.274. The van der Waals surface area contributed by atoms with Crippen LogP contribution in [0.2, 0.25) is 0 Å². The molecule has 5 rings (SSSR count). The van der Waals surface area contributed by atoms with Gasteiger partial charge in [0.15, 0.2) is 0 Å². The van der Waals surface area contributed by atoms with Crippen molar-refractivity contribution in [3.63, 3.8) is 0 Å². The number of fused-ring (bicyclic) bond motifs is 2. The van der Waals surface area contributed by atoms with Gasteiger partial charge in [-0.25, -0.2) is 9.78 Å². The quantitative estimate of drug-likeness (QED) is 0.506. The van der Waals surface area contributed by atoms with Gasteiger partial charge in [0.2, 0.25) is 0 Å². The third-order valence-electron chi connectivity index (χ3n) is 5.58. The Morgan fingerprint density at radius 1 is 1.06 bits per heavy atom. The zero-order valence-electron chi connectivity index (χ0n) is 17.2. The van der Waals surface area contributed by atoms with Crippen molar-refractivity contribution in [3.05, 3.63) is 106 Å². The third kappa shape index (κ3) is 3.67. The van der Waals surface area contributed by atoms with Crippen molar-refractivity contribution in [3.8, 4) is 5.75 Å². The Balaban J connectivity index is 1.53. The average Bonchev–Trinajstić information content (AvgIpc) is 3.21. The van der Waals surface area contributed by atoms with Crippen LogP contribution in [0.25, 0.3) is 22.6 Å². The van der Waals surface area contributed by atoms with Crippen LogP contribution in [0.5, 0.6) is 5.75 Å². The number of aromatic nitrogens is 2. The number of ether oxygens (including phenoxy) is 1. The molecule has 0 bridgehead atoms. The van der Waals surface area contributed by atoms with Gasteiger partial charge in [0, 0.05) is 12.1 Å². The molecule has 2 heterocycles. The number of benzene rings is 3. The minimum atomic E-state index is -1.05. The fraction of sp³-hybridized carbons (Fsp3) is 0.115. The van der Waals surface area contributed by atoms with Crippen molar-refractivity contribution < 1.29 is 14.6 Å². The first-order valence-corrected chi connectivity index (χ1v) is 10.3. The number of carboxylic acids is 1. The van der Waals surface area contributed by atoms with Crippen LogP contribution in [0.15, 0.2) is 77.6 Å². The monoisotopic (exact) mass is 424 g/mol. The Hall–Kier alpha value is -4.19. The fourth-order valence-electron chi connectivity index (χ4n) is 3.94. The van der Waals surface area contributed by atoms with E-state index in [2.05, 4.69) is 4.98 Å². The molecule has 1 aliphatic rings. The van der Waals surface area contributed by atoms with E-state index in [9.17, 15) is 14.7 Å². The highest BCUT2D eigenvalue weighted by Crippen LogP contribution is 2.30. The van der Waals surface area contributed by atoms with Gasteiger partial charge in [0.05, 0.1) is 16.5 Å². The molecule has 1 N–H and O–H groups in total. The molecular weight excluding hydrogens is 404 g/mol. The maximum absolute atomic E-state index is 12.9. The molecule has 6 heteroatoms. The zero-order chi connectivity index (χ0) is 22.1. The van der Waals surface area contributed by atoms with Crippen molar-refractivity contribution in [1.29, 1.82) is 0 Å². The molecule has 0 saturated heterocycles. The fourth-order valence-corrected chi connectivity index (χ4v) is 3.94. The Bertz CT molecular complexity index is 1420. The molecule has 0 unspecified atom stereocenters. The molecule has 0 spiro atoms. The highest BCUT2D eigenvalue weighted by atomic mass is 16.5. The predicted octanol–water partition coefficient (Wildman–Crippen LogP) is 4.62. The molecule has 3 aromatic carbocycles. The van der Waals surface area contributed by atoms with Crippen LogP contribution in [-0.2, 0) is 13.2 Å². The lowest BCUT2D eigenvalue weighted by atomic mass is 10.1. The van der Waals surface area contributed by atoms with Crippen LogP contribution < -0.4 is 10.3 Å². The number of rotatable bonds is 5. The smallest absolute Gasteiger partial charge is 0.335 e. The lowest BCUT2D eigenvalue weighted by molar-refractivity contribution is 0.0697. The largest absolute Gasteiger partial charge is 0.488 e. The molecule has 0 amide bonds. The van der Waals surface area contributed by atoms with E-state index < -0.39 is 5.97 Å². The van der Waals surface area contributed by atoms with Gasteiger partial charge in [-0.3, -0.25) is 9.36 Å². The Morgan fingerprint density at radius 3 is 2.66 bits per heavy atom. The first kappa shape index (κ1) is 19.8. The van der Waals surface area contributed by atoms with Gasteiger partial charge in [-0.05, 0) is 47.9 Å². The Labute approximate surface area is 184 Å². The number of carbonyl (C=O) groups is 1. The second-order valence-corrected chi connectivity index (χ2v) is 7.66. The van der Waals surface area contributed by atoms with Crippen molar-refractivity contribution in [1.82, 2.24) is 9.55 Å². The van der Waals surface area contributed by atoms with Crippen LogP contribution in [0.3, 0.4) is 0 Å². The molecule has 1 aromatic heterocycles. The topological polar surface area (TPSA) is 81.4 Å². The second kappa shape index (κ2) is 8.15. The molecule has 4 aromatic rings. The number of hydrogen-bond donors (Lipinski definition) is 1. The van der Waals surface area contributed by atoms with Crippen LogP contribution >= 0.6 is 0 Å². The molecule has 1 aliphatic heterocycles. The van der Waals surface area contributed by atoms with E-state index in [1.165, 1.54) is 18.2 Å². The summed E-state index contributed by atoms with van der Waals surface area (Å²) >= 11 is 0. The van der Waals surface area contributed by atoms with Gasteiger partial charge in [-0.15, -0.1) is 0 Å². The third-order valence-corrected chi connectivity index (χ3v) is 5.58. The van der Waals surface area contributed by atoms with Crippen molar-refractivity contribution in [2.24, 2.45) is 0 Å². The van der Waals surface area contributed by atoms with E-state index >= 15 is 0 Å². The van der Waals surface area contributed by atoms with E-state index in [1.807, 2.05) is 60.7 Å². The van der Waals surface area contributed by atoms with E-state index in [0.29, 0.717) is 36.3 Å². The summed E-state index contributed by atoms with van der Waals surface area (Å²) in [6, 6.07) is 22.1. The Morgan fingerprint density at radius 2 is 1.84 bits per heavy atom. The minimum absolute atomic E-state index is 0.109. The maximum Gasteiger partial charge on any atom is 0.335 e. The number of carboxylic acid groups (broad SMARTS) is 1. The summed E-state index contributed by atoms with van der Waals surface area (Å²) < 4.78 is 7.71. The summed E-state index contributed by atoms with van der Waals surface area (Å²) in [5.41, 5.74) is 3.25. The lowest BCUT2D eigenvalue weighted by Crippen LogP contribution is -2.21. The standard InChI is InChI=1S/C26H20N2O4/c29-25-21-11-10-20(26(30)31)15-22(21)27-24-19(12-13-28(24)25)14-18-8-4-5-9-23(18)32-16-17-6-2-1-3-7-17/h1-11,14-15H,12-13,16H2,(H,30,31).